The van der Waals surface area contributed by atoms with Gasteiger partial charge in [-0.1, -0.05) is 41.5 Å². The van der Waals surface area contributed by atoms with E-state index in [4.69, 9.17) is 51.8 Å². The van der Waals surface area contributed by atoms with Gasteiger partial charge in [0.05, 0.1) is 42.3 Å². The van der Waals surface area contributed by atoms with E-state index in [-0.39, 0.29) is 12.0 Å². The Bertz CT molecular complexity index is 2240. The van der Waals surface area contributed by atoms with E-state index in [1.807, 2.05) is 0 Å². The molecule has 2 N–H and O–H groups in total. The van der Waals surface area contributed by atoms with Crippen LogP contribution >= 0.6 is 0 Å². The first-order valence-electron chi connectivity index (χ1n) is 21.0. The van der Waals surface area contributed by atoms with Crippen molar-refractivity contribution in [3.63, 3.8) is 0 Å². The lowest BCUT2D eigenvalue weighted by atomic mass is 9.33. The van der Waals surface area contributed by atoms with Gasteiger partial charge in [-0.3, -0.25) is 24.0 Å². The van der Waals surface area contributed by atoms with Gasteiger partial charge in [0, 0.05) is 50.0 Å². The molecule has 344 valence electrons. The fraction of sp³-hybridized carbons (Fsp3) is 0.744. The number of ether oxygens (including phenoxy) is 10. The van der Waals surface area contributed by atoms with Gasteiger partial charge in [-0.2, -0.15) is 0 Å². The predicted octanol–water partition coefficient (Wildman–Crippen LogP) is 1.49. The van der Waals surface area contributed by atoms with Crippen LogP contribution < -0.4 is 0 Å². The van der Waals surface area contributed by atoms with Gasteiger partial charge in [-0.15, -0.1) is 0 Å². The molecule has 4 bridgehead atoms. The standard InChI is InChI=1S/C43H52O20/c1-17(2)29(48)59-28-32(51)58-26(22-12-13-54-14-22)38-16-39(28,38)43-34-41(60-30(49)18(3)4)33(57-21(7)46)35(8)15-40(41,52)36(9,24(35)23(31(50)53-11)55-19(5)44)42(43,62-37(10,61-34)63-43)25(47)27(38)56-20(6)45/h12-14,17-18,23-28,33-34,47,52H,15-16H2,1-11H3/t23-,24+,25-,26+,27+,28+,33+,34-,35-,36-,37+,38-,39-,40-,41+,42+,43+/m1/s1. The maximum atomic E-state index is 14.9. The minimum Gasteiger partial charge on any atom is -0.472 e. The number of methoxy groups -OCH3 is 1. The Labute approximate surface area is 360 Å². The molecule has 0 aromatic carbocycles. The number of furan rings is 1. The fourth-order valence-electron chi connectivity index (χ4n) is 14.5. The molecule has 3 aliphatic heterocycles. The van der Waals surface area contributed by atoms with Gasteiger partial charge in [0.2, 0.25) is 17.8 Å². The van der Waals surface area contributed by atoms with Gasteiger partial charge in [0.15, 0.2) is 6.10 Å². The molecule has 0 radical (unpaired) electrons. The smallest absolute Gasteiger partial charge is 0.348 e. The van der Waals surface area contributed by atoms with Crippen LogP contribution in [0.3, 0.4) is 0 Å². The molecule has 9 rings (SSSR count). The van der Waals surface area contributed by atoms with E-state index >= 15 is 0 Å². The van der Waals surface area contributed by atoms with Crippen LogP contribution in [0.1, 0.15) is 93.7 Å². The van der Waals surface area contributed by atoms with Gasteiger partial charge in [-0.25, -0.2) is 9.59 Å². The summed E-state index contributed by atoms with van der Waals surface area (Å²) < 4.78 is 69.0. The Hall–Kier alpha value is -4.63. The van der Waals surface area contributed by atoms with Crippen LogP contribution in [0, 0.1) is 39.4 Å². The number of esters is 7. The minimum atomic E-state index is -2.64. The number of hydrogen-bond acceptors (Lipinski definition) is 20. The van der Waals surface area contributed by atoms with Crippen molar-refractivity contribution in [1.29, 1.82) is 0 Å². The first-order valence-corrected chi connectivity index (χ1v) is 21.0. The van der Waals surface area contributed by atoms with Crippen molar-refractivity contribution in [2.45, 2.75) is 153 Å². The van der Waals surface area contributed by atoms with Gasteiger partial charge < -0.3 is 62.0 Å². The number of aliphatic hydroxyl groups excluding tert-OH is 1. The first kappa shape index (κ1) is 43.6. The monoisotopic (exact) mass is 888 g/mol. The van der Waals surface area contributed by atoms with E-state index in [0.29, 0.717) is 0 Å². The van der Waals surface area contributed by atoms with Crippen LogP contribution in [-0.2, 0) is 80.9 Å². The molecule has 20 nitrogen and oxygen atoms in total. The SMILES string of the molecule is COC(=O)[C@H](OC(C)=O)[C@H]1[C@@]2(C)C[C@]3(O)[C@@](OC(=O)C(C)C)([C@H]4O[C@@]5(C)O[C@@]6([C@H](O)[C@H](OC(C)=O)[C@]78C[C@]7([C@@H](OC(=O)C(C)C)C(=O)O[C@H]8c7ccoc7)[C@@]46O5)[C@]13C)[C@H]2OC(C)=O. The van der Waals surface area contributed by atoms with Crippen molar-refractivity contribution >= 4 is 41.8 Å². The van der Waals surface area contributed by atoms with Gasteiger partial charge in [-0.05, 0) is 18.9 Å². The molecular formula is C43H52O20. The molecule has 0 amide bonds. The number of fused-ring (bicyclic) bond motifs is 3. The average molecular weight is 889 g/mol. The third kappa shape index (κ3) is 4.47. The summed E-state index contributed by atoms with van der Waals surface area (Å²) in [4.78, 5) is 97.5. The Balaban J connectivity index is 1.47. The fourth-order valence-corrected chi connectivity index (χ4v) is 14.5. The van der Waals surface area contributed by atoms with Crippen LogP contribution in [0.15, 0.2) is 23.0 Å². The average Bonchev–Trinajstić information content (AvgIpc) is 3.55. The highest BCUT2D eigenvalue weighted by atomic mass is 17.0. The zero-order valence-corrected chi connectivity index (χ0v) is 36.7. The number of carbonyl (C=O) groups is 7. The van der Waals surface area contributed by atoms with Gasteiger partial charge in [0.1, 0.15) is 41.2 Å². The van der Waals surface area contributed by atoms with E-state index in [2.05, 4.69) is 0 Å². The second kappa shape index (κ2) is 12.8. The van der Waals surface area contributed by atoms with Crippen molar-refractivity contribution in [2.75, 3.05) is 7.11 Å². The Kier molecular flexibility index (Phi) is 8.86. The molecule has 5 aliphatic carbocycles. The summed E-state index contributed by atoms with van der Waals surface area (Å²) in [6, 6.07) is 1.49. The molecule has 63 heavy (non-hydrogen) atoms. The third-order valence-electron chi connectivity index (χ3n) is 16.0. The zero-order valence-electron chi connectivity index (χ0n) is 36.7. The Morgan fingerprint density at radius 1 is 0.841 bits per heavy atom. The summed E-state index contributed by atoms with van der Waals surface area (Å²) in [6.45, 7) is 13.6. The maximum Gasteiger partial charge on any atom is 0.348 e. The zero-order chi connectivity index (χ0) is 46.2. The van der Waals surface area contributed by atoms with Crippen LogP contribution in [-0.4, -0.2) is 124 Å². The molecule has 20 heteroatoms. The van der Waals surface area contributed by atoms with Crippen molar-refractivity contribution in [1.82, 2.24) is 0 Å². The molecule has 1 spiro atoms. The summed E-state index contributed by atoms with van der Waals surface area (Å²) in [6.07, 6.45) is -11.3. The lowest BCUT2D eigenvalue weighted by molar-refractivity contribution is -0.472. The van der Waals surface area contributed by atoms with E-state index in [1.54, 1.807) is 0 Å². The van der Waals surface area contributed by atoms with E-state index in [0.717, 1.165) is 27.9 Å². The highest BCUT2D eigenvalue weighted by molar-refractivity contribution is 5.86. The van der Waals surface area contributed by atoms with Crippen LogP contribution in [0.2, 0.25) is 0 Å². The van der Waals surface area contributed by atoms with Crippen molar-refractivity contribution < 1.29 is 95.6 Å². The van der Waals surface area contributed by atoms with Crippen LogP contribution in [0.4, 0.5) is 0 Å². The molecule has 1 aromatic rings. The van der Waals surface area contributed by atoms with Gasteiger partial charge >= 0.3 is 41.8 Å². The summed E-state index contributed by atoms with van der Waals surface area (Å²) in [5.41, 5.74) is -18.2. The van der Waals surface area contributed by atoms with Crippen LogP contribution in [0.25, 0.3) is 0 Å². The highest BCUT2D eigenvalue weighted by Crippen LogP contribution is 2.96. The quantitative estimate of drug-likeness (QED) is 0.249. The third-order valence-corrected chi connectivity index (χ3v) is 16.0. The number of aliphatic hydroxyl groups is 2. The maximum absolute atomic E-state index is 14.9. The lowest BCUT2D eigenvalue weighted by Crippen LogP contribution is -2.97. The topological polar surface area (TPSA) is 265 Å². The summed E-state index contributed by atoms with van der Waals surface area (Å²) in [5.74, 6) is -12.6. The van der Waals surface area contributed by atoms with Crippen molar-refractivity contribution in [3.8, 4) is 0 Å². The number of rotatable bonds is 10. The van der Waals surface area contributed by atoms with E-state index < -0.39 is 159 Å². The molecular weight excluding hydrogens is 836 g/mol. The lowest BCUT2D eigenvalue weighted by Gasteiger charge is -2.77. The summed E-state index contributed by atoms with van der Waals surface area (Å²) in [7, 11) is 1.04. The first-order chi connectivity index (χ1) is 29.2. The second-order valence-corrected chi connectivity index (χ2v) is 19.7. The highest BCUT2D eigenvalue weighted by Gasteiger charge is 3.12. The molecule has 1 aromatic heterocycles. The van der Waals surface area contributed by atoms with E-state index in [1.165, 1.54) is 67.1 Å². The van der Waals surface area contributed by atoms with Crippen LogP contribution in [0.5, 0.6) is 0 Å². The van der Waals surface area contributed by atoms with E-state index in [9.17, 15) is 43.8 Å². The molecule has 17 atom stereocenters. The number of hydrogen-bond donors (Lipinski definition) is 2. The largest absolute Gasteiger partial charge is 0.472 e. The second-order valence-electron chi connectivity index (χ2n) is 19.7. The number of carbonyl (C=O) groups excluding carboxylic acids is 7. The van der Waals surface area contributed by atoms with Gasteiger partial charge in [0.25, 0.3) is 5.97 Å². The predicted molar refractivity (Wildman–Crippen MR) is 200 cm³/mol. The Morgan fingerprint density at radius 2 is 1.48 bits per heavy atom. The number of cyclic esters (lactones) is 1. The molecule has 3 saturated heterocycles. The normalized spacial score (nSPS) is 48.0. The molecule has 8 fully saturated rings. The Morgan fingerprint density at radius 3 is 2.03 bits per heavy atom. The molecule has 5 saturated carbocycles. The molecule has 4 heterocycles. The summed E-state index contributed by atoms with van der Waals surface area (Å²) in [5, 5.41) is 27.9. The molecule has 8 aliphatic rings. The van der Waals surface area contributed by atoms with Crippen molar-refractivity contribution in [3.05, 3.63) is 24.2 Å². The molecule has 0 unspecified atom stereocenters. The minimum absolute atomic E-state index is 0.235. The summed E-state index contributed by atoms with van der Waals surface area (Å²) >= 11 is 0. The van der Waals surface area contributed by atoms with Crippen molar-refractivity contribution in [2.24, 2.45) is 39.4 Å².